The number of halogens is 3. The Balaban J connectivity index is 1.60. The summed E-state index contributed by atoms with van der Waals surface area (Å²) in [5, 5.41) is 6.11. The molecule has 2 saturated heterocycles. The van der Waals surface area contributed by atoms with Crippen LogP contribution in [0.2, 0.25) is 0 Å². The van der Waals surface area contributed by atoms with E-state index >= 15 is 0 Å². The average Bonchev–Trinajstić information content (AvgIpc) is 3.10. The molecule has 0 aliphatic carbocycles. The van der Waals surface area contributed by atoms with Crippen molar-refractivity contribution >= 4 is 5.91 Å². The molecule has 144 valence electrons. The van der Waals surface area contributed by atoms with E-state index in [1.165, 1.54) is 18.2 Å². The van der Waals surface area contributed by atoms with Gasteiger partial charge >= 0.3 is 6.36 Å². The molecule has 26 heavy (non-hydrogen) atoms. The zero-order valence-corrected chi connectivity index (χ0v) is 14.5. The van der Waals surface area contributed by atoms with Crippen LogP contribution in [-0.2, 0) is 11.3 Å². The quantitative estimate of drug-likeness (QED) is 0.835. The number of carbonyl (C=O) groups is 1. The van der Waals surface area contributed by atoms with Crippen LogP contribution in [0.25, 0.3) is 0 Å². The molecule has 1 aromatic carbocycles. The monoisotopic (exact) mass is 371 g/mol. The topological polar surface area (TPSA) is 53.6 Å². The number of rotatable bonds is 5. The number of likely N-dealkylation sites (tertiary alicyclic amines) is 1. The third kappa shape index (κ3) is 4.88. The molecule has 0 saturated carbocycles. The summed E-state index contributed by atoms with van der Waals surface area (Å²) < 4.78 is 41.5. The van der Waals surface area contributed by atoms with E-state index in [9.17, 15) is 18.0 Å². The van der Waals surface area contributed by atoms with Gasteiger partial charge in [0.2, 0.25) is 5.91 Å². The largest absolute Gasteiger partial charge is 0.573 e. The van der Waals surface area contributed by atoms with Crippen LogP contribution in [0.1, 0.15) is 31.2 Å². The maximum absolute atomic E-state index is 12.6. The van der Waals surface area contributed by atoms with Gasteiger partial charge in [0.05, 0.1) is 6.04 Å². The normalized spacial score (nSPS) is 22.3. The standard InChI is InChI=1S/C18H24F3N3O2/c19-18(20,21)26-16-6-2-1-4-13(16)12-23-17(25)15-5-3-11-24(15)14-7-9-22-10-8-14/h1-2,4,6,14-15,22H,3,5,7-12H2,(H,23,25)/t15-/m0/s1. The van der Waals surface area contributed by atoms with Crippen molar-refractivity contribution in [3.8, 4) is 5.75 Å². The first-order valence-corrected chi connectivity index (χ1v) is 9.02. The summed E-state index contributed by atoms with van der Waals surface area (Å²) in [5.41, 5.74) is 0.310. The first-order chi connectivity index (χ1) is 12.4. The van der Waals surface area contributed by atoms with Gasteiger partial charge in [-0.3, -0.25) is 9.69 Å². The Labute approximate surface area is 150 Å². The molecule has 0 bridgehead atoms. The Morgan fingerprint density at radius 1 is 1.23 bits per heavy atom. The summed E-state index contributed by atoms with van der Waals surface area (Å²) in [7, 11) is 0. The van der Waals surface area contributed by atoms with Gasteiger partial charge in [-0.25, -0.2) is 0 Å². The number of benzene rings is 1. The van der Waals surface area contributed by atoms with Crippen molar-refractivity contribution in [2.45, 2.75) is 50.7 Å². The lowest BCUT2D eigenvalue weighted by Gasteiger charge is -2.35. The second-order valence-electron chi connectivity index (χ2n) is 6.75. The number of hydrogen-bond acceptors (Lipinski definition) is 4. The predicted molar refractivity (Wildman–Crippen MR) is 90.6 cm³/mol. The third-order valence-corrected chi connectivity index (χ3v) is 5.03. The molecule has 1 amide bonds. The van der Waals surface area contributed by atoms with Crippen molar-refractivity contribution in [3.63, 3.8) is 0 Å². The van der Waals surface area contributed by atoms with Crippen molar-refractivity contribution in [1.82, 2.24) is 15.5 Å². The molecule has 2 N–H and O–H groups in total. The highest BCUT2D eigenvalue weighted by Crippen LogP contribution is 2.27. The molecule has 3 rings (SSSR count). The molecule has 2 aliphatic heterocycles. The van der Waals surface area contributed by atoms with Gasteiger partial charge in [0.25, 0.3) is 0 Å². The van der Waals surface area contributed by atoms with Crippen LogP contribution < -0.4 is 15.4 Å². The van der Waals surface area contributed by atoms with E-state index in [1.54, 1.807) is 6.07 Å². The zero-order valence-electron chi connectivity index (χ0n) is 14.5. The van der Waals surface area contributed by atoms with Crippen molar-refractivity contribution in [2.75, 3.05) is 19.6 Å². The van der Waals surface area contributed by atoms with Crippen LogP contribution in [-0.4, -0.2) is 48.9 Å². The zero-order chi connectivity index (χ0) is 18.6. The van der Waals surface area contributed by atoms with Crippen LogP contribution in [0.3, 0.4) is 0 Å². The fourth-order valence-electron chi connectivity index (χ4n) is 3.82. The number of amides is 1. The minimum atomic E-state index is -4.75. The highest BCUT2D eigenvalue weighted by molar-refractivity contribution is 5.82. The molecule has 2 fully saturated rings. The van der Waals surface area contributed by atoms with Crippen molar-refractivity contribution < 1.29 is 22.7 Å². The number of hydrogen-bond donors (Lipinski definition) is 2. The smallest absolute Gasteiger partial charge is 0.405 e. The maximum atomic E-state index is 12.6. The molecule has 0 aromatic heterocycles. The van der Waals surface area contributed by atoms with Gasteiger partial charge in [0, 0.05) is 18.2 Å². The van der Waals surface area contributed by atoms with E-state index in [0.29, 0.717) is 11.6 Å². The van der Waals surface area contributed by atoms with Gasteiger partial charge in [0.15, 0.2) is 0 Å². The summed E-state index contributed by atoms with van der Waals surface area (Å²) >= 11 is 0. The minimum Gasteiger partial charge on any atom is -0.405 e. The lowest BCUT2D eigenvalue weighted by Crippen LogP contribution is -2.50. The van der Waals surface area contributed by atoms with Crippen molar-refractivity contribution in [2.24, 2.45) is 0 Å². The number of para-hydroxylation sites is 1. The summed E-state index contributed by atoms with van der Waals surface area (Å²) in [4.78, 5) is 14.9. The Kier molecular flexibility index (Phi) is 6.03. The molecule has 8 heteroatoms. The summed E-state index contributed by atoms with van der Waals surface area (Å²) in [6.07, 6.45) is -0.957. The highest BCUT2D eigenvalue weighted by Gasteiger charge is 2.36. The molecular weight excluding hydrogens is 347 g/mol. The second-order valence-corrected chi connectivity index (χ2v) is 6.75. The summed E-state index contributed by atoms with van der Waals surface area (Å²) in [6.45, 7) is 2.83. The molecule has 1 aromatic rings. The van der Waals surface area contributed by atoms with Crippen LogP contribution in [0.15, 0.2) is 24.3 Å². The summed E-state index contributed by atoms with van der Waals surface area (Å²) in [5.74, 6) is -0.398. The molecular formula is C18H24F3N3O2. The van der Waals surface area contributed by atoms with Gasteiger partial charge in [-0.15, -0.1) is 13.2 Å². The van der Waals surface area contributed by atoms with E-state index in [4.69, 9.17) is 0 Å². The number of alkyl halides is 3. The Hall–Kier alpha value is -1.80. The maximum Gasteiger partial charge on any atom is 0.573 e. The van der Waals surface area contributed by atoms with Crippen LogP contribution in [0.4, 0.5) is 13.2 Å². The average molecular weight is 371 g/mol. The van der Waals surface area contributed by atoms with Gasteiger partial charge in [-0.2, -0.15) is 0 Å². The van der Waals surface area contributed by atoms with Crippen molar-refractivity contribution in [3.05, 3.63) is 29.8 Å². The van der Waals surface area contributed by atoms with Gasteiger partial charge in [0.1, 0.15) is 5.75 Å². The number of nitrogens with one attached hydrogen (secondary N) is 2. The Morgan fingerprint density at radius 3 is 2.69 bits per heavy atom. The number of piperidine rings is 1. The summed E-state index contributed by atoms with van der Waals surface area (Å²) in [6, 6.07) is 6.08. The van der Waals surface area contributed by atoms with Gasteiger partial charge < -0.3 is 15.4 Å². The van der Waals surface area contributed by atoms with E-state index < -0.39 is 6.36 Å². The number of nitrogens with zero attached hydrogens (tertiary/aromatic N) is 1. The van der Waals surface area contributed by atoms with Gasteiger partial charge in [-0.05, 0) is 51.4 Å². The second kappa shape index (κ2) is 8.26. The van der Waals surface area contributed by atoms with Crippen LogP contribution >= 0.6 is 0 Å². The molecule has 2 heterocycles. The van der Waals surface area contributed by atoms with Gasteiger partial charge in [-0.1, -0.05) is 18.2 Å². The highest BCUT2D eigenvalue weighted by atomic mass is 19.4. The molecule has 0 radical (unpaired) electrons. The first kappa shape index (κ1) is 19.0. The molecule has 5 nitrogen and oxygen atoms in total. The fourth-order valence-corrected chi connectivity index (χ4v) is 3.82. The minimum absolute atomic E-state index is 0.0155. The fraction of sp³-hybridized carbons (Fsp3) is 0.611. The number of carbonyl (C=O) groups excluding carboxylic acids is 1. The Morgan fingerprint density at radius 2 is 1.96 bits per heavy atom. The Bertz CT molecular complexity index is 618. The first-order valence-electron chi connectivity index (χ1n) is 9.02. The molecule has 2 aliphatic rings. The molecule has 0 spiro atoms. The number of ether oxygens (including phenoxy) is 1. The SMILES string of the molecule is O=C(NCc1ccccc1OC(F)(F)F)[C@@H]1CCCN1C1CCNCC1. The van der Waals surface area contributed by atoms with E-state index in [1.807, 2.05) is 0 Å². The lowest BCUT2D eigenvalue weighted by molar-refractivity contribution is -0.274. The van der Waals surface area contributed by atoms with E-state index in [-0.39, 0.29) is 24.2 Å². The molecule has 0 unspecified atom stereocenters. The van der Waals surface area contributed by atoms with Crippen LogP contribution in [0.5, 0.6) is 5.75 Å². The lowest BCUT2D eigenvalue weighted by atomic mass is 10.0. The molecule has 1 atom stereocenters. The van der Waals surface area contributed by atoms with Crippen molar-refractivity contribution in [1.29, 1.82) is 0 Å². The van der Waals surface area contributed by atoms with Crippen LogP contribution in [0, 0.1) is 0 Å². The van der Waals surface area contributed by atoms with E-state index in [0.717, 1.165) is 45.3 Å². The third-order valence-electron chi connectivity index (χ3n) is 5.03. The predicted octanol–water partition coefficient (Wildman–Crippen LogP) is 2.42. The van der Waals surface area contributed by atoms with E-state index in [2.05, 4.69) is 20.3 Å².